The monoisotopic (exact) mass is 302 g/mol. The first kappa shape index (κ1) is 14.1. The van der Waals surface area contributed by atoms with E-state index in [9.17, 15) is 9.90 Å². The fraction of sp³-hybridized carbons (Fsp3) is 0.375. The molecule has 4 nitrogen and oxygen atoms in total. The second kappa shape index (κ2) is 5.48. The number of aliphatic carboxylic acids is 1. The minimum Gasteiger partial charge on any atom is -0.481 e. The molecule has 1 aliphatic heterocycles. The van der Waals surface area contributed by atoms with Crippen LogP contribution in [0.5, 0.6) is 0 Å². The molecule has 110 valence electrons. The van der Waals surface area contributed by atoms with E-state index in [1.165, 1.54) is 0 Å². The molecular weight excluding hydrogens is 284 g/mol. The van der Waals surface area contributed by atoms with Crippen molar-refractivity contribution in [2.45, 2.75) is 19.8 Å². The Hall–Kier alpha value is -1.88. The van der Waals surface area contributed by atoms with Crippen LogP contribution in [0.2, 0.25) is 0 Å². The first-order chi connectivity index (χ1) is 10.1. The summed E-state index contributed by atoms with van der Waals surface area (Å²) in [6, 6.07) is 10.1. The molecule has 0 bridgehead atoms. The van der Waals surface area contributed by atoms with Gasteiger partial charge in [-0.1, -0.05) is 30.3 Å². The third kappa shape index (κ3) is 2.78. The molecule has 0 radical (unpaired) electrons. The summed E-state index contributed by atoms with van der Waals surface area (Å²) >= 11 is 1.59. The molecule has 1 aromatic heterocycles. The molecule has 2 aromatic rings. The summed E-state index contributed by atoms with van der Waals surface area (Å²) in [5.74, 6) is -0.716. The van der Waals surface area contributed by atoms with Crippen molar-refractivity contribution in [2.24, 2.45) is 5.41 Å². The molecule has 5 heteroatoms. The van der Waals surface area contributed by atoms with Crippen LogP contribution >= 0.6 is 11.3 Å². The number of nitrogens with zero attached hydrogens (tertiary/aromatic N) is 2. The average Bonchev–Trinajstić information content (AvgIpc) is 2.98. The highest BCUT2D eigenvalue weighted by Gasteiger charge is 2.38. The van der Waals surface area contributed by atoms with Crippen molar-refractivity contribution in [3.05, 3.63) is 35.7 Å². The Morgan fingerprint density at radius 2 is 2.14 bits per heavy atom. The Bertz CT molecular complexity index is 641. The highest BCUT2D eigenvalue weighted by Crippen LogP contribution is 2.35. The first-order valence-corrected chi connectivity index (χ1v) is 7.96. The van der Waals surface area contributed by atoms with Gasteiger partial charge in [0.15, 0.2) is 5.13 Å². The van der Waals surface area contributed by atoms with Crippen LogP contribution in [0.3, 0.4) is 0 Å². The quantitative estimate of drug-likeness (QED) is 0.943. The van der Waals surface area contributed by atoms with E-state index in [-0.39, 0.29) is 0 Å². The summed E-state index contributed by atoms with van der Waals surface area (Å²) in [7, 11) is 0. The van der Waals surface area contributed by atoms with E-state index in [1.54, 1.807) is 11.3 Å². The Labute approximate surface area is 128 Å². The molecular formula is C16H18N2O2S. The van der Waals surface area contributed by atoms with Crippen molar-refractivity contribution >= 4 is 22.4 Å². The molecule has 0 saturated carbocycles. The smallest absolute Gasteiger partial charge is 0.311 e. The van der Waals surface area contributed by atoms with Gasteiger partial charge in [0.05, 0.1) is 11.1 Å². The summed E-state index contributed by atoms with van der Waals surface area (Å²) in [6.45, 7) is 3.24. The van der Waals surface area contributed by atoms with Crippen molar-refractivity contribution < 1.29 is 9.90 Å². The van der Waals surface area contributed by atoms with Crippen LogP contribution < -0.4 is 4.90 Å². The molecule has 0 aliphatic carbocycles. The third-order valence-corrected chi connectivity index (χ3v) is 4.95. The van der Waals surface area contributed by atoms with Crippen LogP contribution in [0.25, 0.3) is 11.3 Å². The standard InChI is InChI=1S/C16H18N2O2S/c1-16(14(19)20)8-5-9-18(11-16)15-17-13(10-21-15)12-6-3-2-4-7-12/h2-4,6-7,10H,5,8-9,11H2,1H3,(H,19,20). The fourth-order valence-electron chi connectivity index (χ4n) is 2.73. The molecule has 3 rings (SSSR count). The Kier molecular flexibility index (Phi) is 3.68. The summed E-state index contributed by atoms with van der Waals surface area (Å²) in [6.07, 6.45) is 1.62. The van der Waals surface area contributed by atoms with E-state index in [4.69, 9.17) is 0 Å². The Morgan fingerprint density at radius 1 is 1.38 bits per heavy atom. The van der Waals surface area contributed by atoms with E-state index in [0.29, 0.717) is 6.54 Å². The number of piperidine rings is 1. The molecule has 1 N–H and O–H groups in total. The minimum absolute atomic E-state index is 0.532. The number of benzene rings is 1. The number of hydrogen-bond acceptors (Lipinski definition) is 4. The maximum Gasteiger partial charge on any atom is 0.311 e. The van der Waals surface area contributed by atoms with Crippen LogP contribution in [0, 0.1) is 5.41 Å². The van der Waals surface area contributed by atoms with Crippen LogP contribution in [0.1, 0.15) is 19.8 Å². The van der Waals surface area contributed by atoms with Gasteiger partial charge in [-0.2, -0.15) is 0 Å². The second-order valence-corrected chi connectivity index (χ2v) is 6.61. The number of carboxylic acid groups (broad SMARTS) is 1. The van der Waals surface area contributed by atoms with Crippen LogP contribution in [0.4, 0.5) is 5.13 Å². The van der Waals surface area contributed by atoms with E-state index < -0.39 is 11.4 Å². The maximum absolute atomic E-state index is 11.4. The summed E-state index contributed by atoms with van der Waals surface area (Å²) < 4.78 is 0. The first-order valence-electron chi connectivity index (χ1n) is 7.08. The molecule has 1 aromatic carbocycles. The number of thiazole rings is 1. The lowest BCUT2D eigenvalue weighted by molar-refractivity contribution is -0.148. The van der Waals surface area contributed by atoms with Crippen LogP contribution in [0.15, 0.2) is 35.7 Å². The van der Waals surface area contributed by atoms with E-state index in [0.717, 1.165) is 35.8 Å². The number of carbonyl (C=O) groups is 1. The van der Waals surface area contributed by atoms with Gasteiger partial charge in [0.2, 0.25) is 0 Å². The lowest BCUT2D eigenvalue weighted by Crippen LogP contribution is -2.46. The summed E-state index contributed by atoms with van der Waals surface area (Å²) in [5, 5.41) is 12.4. The van der Waals surface area contributed by atoms with E-state index >= 15 is 0 Å². The van der Waals surface area contributed by atoms with Gasteiger partial charge in [-0.25, -0.2) is 4.98 Å². The van der Waals surface area contributed by atoms with Crippen LogP contribution in [-0.2, 0) is 4.79 Å². The predicted molar refractivity (Wildman–Crippen MR) is 84.7 cm³/mol. The van der Waals surface area contributed by atoms with Gasteiger partial charge in [0, 0.05) is 24.0 Å². The number of hydrogen-bond donors (Lipinski definition) is 1. The molecule has 0 amide bonds. The Morgan fingerprint density at radius 3 is 2.86 bits per heavy atom. The summed E-state index contributed by atoms with van der Waals surface area (Å²) in [4.78, 5) is 18.2. The van der Waals surface area contributed by atoms with Crippen molar-refractivity contribution in [2.75, 3.05) is 18.0 Å². The zero-order valence-corrected chi connectivity index (χ0v) is 12.8. The lowest BCUT2D eigenvalue weighted by atomic mass is 9.82. The van der Waals surface area contributed by atoms with Gasteiger partial charge in [-0.15, -0.1) is 11.3 Å². The zero-order chi connectivity index (χ0) is 14.9. The van der Waals surface area contributed by atoms with Gasteiger partial charge in [0.1, 0.15) is 0 Å². The minimum atomic E-state index is -0.716. The molecule has 1 aliphatic rings. The lowest BCUT2D eigenvalue weighted by Gasteiger charge is -2.37. The summed E-state index contributed by atoms with van der Waals surface area (Å²) in [5.41, 5.74) is 1.38. The largest absolute Gasteiger partial charge is 0.481 e. The fourth-order valence-corrected chi connectivity index (χ4v) is 3.59. The highest BCUT2D eigenvalue weighted by atomic mass is 32.1. The van der Waals surface area contributed by atoms with Crippen molar-refractivity contribution in [3.8, 4) is 11.3 Å². The number of aromatic nitrogens is 1. The average molecular weight is 302 g/mol. The number of carboxylic acids is 1. The highest BCUT2D eigenvalue weighted by molar-refractivity contribution is 7.14. The third-order valence-electron chi connectivity index (χ3n) is 4.04. The van der Waals surface area contributed by atoms with E-state index in [2.05, 4.69) is 9.88 Å². The molecule has 21 heavy (non-hydrogen) atoms. The molecule has 2 heterocycles. The zero-order valence-electron chi connectivity index (χ0n) is 12.0. The van der Waals surface area contributed by atoms with E-state index in [1.807, 2.05) is 42.6 Å². The van der Waals surface area contributed by atoms with Gasteiger partial charge in [-0.3, -0.25) is 4.79 Å². The molecule has 1 atom stereocenters. The number of anilines is 1. The van der Waals surface area contributed by atoms with Gasteiger partial charge >= 0.3 is 5.97 Å². The molecule has 1 saturated heterocycles. The van der Waals surface area contributed by atoms with Crippen LogP contribution in [-0.4, -0.2) is 29.1 Å². The molecule has 1 unspecified atom stereocenters. The molecule has 1 fully saturated rings. The van der Waals surface area contributed by atoms with Gasteiger partial charge in [0.25, 0.3) is 0 Å². The van der Waals surface area contributed by atoms with Crippen molar-refractivity contribution in [3.63, 3.8) is 0 Å². The molecule has 0 spiro atoms. The predicted octanol–water partition coefficient (Wildman–Crippen LogP) is 3.50. The van der Waals surface area contributed by atoms with Gasteiger partial charge in [-0.05, 0) is 19.8 Å². The SMILES string of the molecule is CC1(C(=O)O)CCCN(c2nc(-c3ccccc3)cs2)C1. The normalized spacial score (nSPS) is 22.2. The number of rotatable bonds is 3. The maximum atomic E-state index is 11.4. The van der Waals surface area contributed by atoms with Gasteiger partial charge < -0.3 is 10.0 Å². The van der Waals surface area contributed by atoms with Crippen molar-refractivity contribution in [1.82, 2.24) is 4.98 Å². The Balaban J connectivity index is 1.82. The van der Waals surface area contributed by atoms with Crippen molar-refractivity contribution in [1.29, 1.82) is 0 Å². The topological polar surface area (TPSA) is 53.4 Å². The second-order valence-electron chi connectivity index (χ2n) is 5.77.